The minimum Gasteiger partial charge on any atom is -0.320 e. The van der Waals surface area contributed by atoms with Crippen LogP contribution >= 0.6 is 24.8 Å². The third kappa shape index (κ3) is 1.91. The summed E-state index contributed by atoms with van der Waals surface area (Å²) >= 11 is 0. The number of nitrogens with two attached hydrogens (primary N) is 1. The van der Waals surface area contributed by atoms with Gasteiger partial charge in [0.1, 0.15) is 0 Å². The summed E-state index contributed by atoms with van der Waals surface area (Å²) in [4.78, 5) is 0. The maximum atomic E-state index is 5.91. The van der Waals surface area contributed by atoms with Crippen molar-refractivity contribution in [3.05, 3.63) is 18.0 Å². The Morgan fingerprint density at radius 1 is 1.50 bits per heavy atom. The van der Waals surface area contributed by atoms with Crippen LogP contribution in [0.2, 0.25) is 0 Å². The summed E-state index contributed by atoms with van der Waals surface area (Å²) in [5.74, 6) is 0. The Hall–Kier alpha value is -0.250. The zero-order chi connectivity index (χ0) is 7.19. The molecule has 0 spiro atoms. The van der Waals surface area contributed by atoms with E-state index in [0.717, 1.165) is 18.5 Å². The normalized spacial score (nSPS) is 17.5. The van der Waals surface area contributed by atoms with Gasteiger partial charge in [-0.05, 0) is 18.9 Å². The highest BCUT2D eigenvalue weighted by molar-refractivity contribution is 5.85. The largest absolute Gasteiger partial charge is 0.320 e. The fourth-order valence-corrected chi connectivity index (χ4v) is 1.07. The molecule has 1 aliphatic rings. The van der Waals surface area contributed by atoms with E-state index in [2.05, 4.69) is 5.10 Å². The van der Waals surface area contributed by atoms with Crippen LogP contribution in [0.15, 0.2) is 12.3 Å². The Labute approximate surface area is 84.1 Å². The second kappa shape index (κ2) is 3.64. The molecule has 0 amide bonds. The number of halogens is 2. The molecule has 0 bridgehead atoms. The summed E-state index contributed by atoms with van der Waals surface area (Å²) in [6.45, 7) is 0. The van der Waals surface area contributed by atoms with Crippen molar-refractivity contribution in [1.82, 2.24) is 9.78 Å². The summed E-state index contributed by atoms with van der Waals surface area (Å²) in [6, 6.07) is 1.99. The summed E-state index contributed by atoms with van der Waals surface area (Å²) in [6.07, 6.45) is 4.11. The number of nitrogens with zero attached hydrogens (tertiary/aromatic N) is 2. The zero-order valence-electron chi connectivity index (χ0n) is 6.86. The molecule has 0 unspecified atom stereocenters. The first-order valence-electron chi connectivity index (χ1n) is 3.50. The lowest BCUT2D eigenvalue weighted by atomic mass is 10.2. The Bertz CT molecular complexity index is 255. The average Bonchev–Trinajstić information content (AvgIpc) is 2.45. The fourth-order valence-electron chi connectivity index (χ4n) is 1.07. The highest BCUT2D eigenvalue weighted by Crippen LogP contribution is 2.41. The molecule has 1 saturated carbocycles. The Morgan fingerprint density at radius 2 is 2.08 bits per heavy atom. The summed E-state index contributed by atoms with van der Waals surface area (Å²) < 4.78 is 1.79. The van der Waals surface area contributed by atoms with Crippen LogP contribution in [0.5, 0.6) is 0 Å². The molecule has 0 aliphatic heterocycles. The predicted octanol–water partition coefficient (Wildman–Crippen LogP) is 1.21. The van der Waals surface area contributed by atoms with Gasteiger partial charge in [0.25, 0.3) is 0 Å². The van der Waals surface area contributed by atoms with Gasteiger partial charge in [-0.15, -0.1) is 24.8 Å². The van der Waals surface area contributed by atoms with Gasteiger partial charge < -0.3 is 5.73 Å². The van der Waals surface area contributed by atoms with E-state index in [1.165, 1.54) is 0 Å². The highest BCUT2D eigenvalue weighted by atomic mass is 35.5. The molecule has 5 heteroatoms. The van der Waals surface area contributed by atoms with E-state index in [0.29, 0.717) is 0 Å². The summed E-state index contributed by atoms with van der Waals surface area (Å²) in [7, 11) is 1.91. The minimum absolute atomic E-state index is 0. The average molecular weight is 210 g/mol. The Morgan fingerprint density at radius 3 is 2.42 bits per heavy atom. The van der Waals surface area contributed by atoms with Crippen molar-refractivity contribution >= 4 is 24.8 Å². The van der Waals surface area contributed by atoms with Crippen molar-refractivity contribution in [3.63, 3.8) is 0 Å². The van der Waals surface area contributed by atoms with Gasteiger partial charge in [0, 0.05) is 13.2 Å². The van der Waals surface area contributed by atoms with Crippen molar-refractivity contribution in [2.24, 2.45) is 12.8 Å². The number of hydrogen-bond acceptors (Lipinski definition) is 2. The van der Waals surface area contributed by atoms with E-state index in [-0.39, 0.29) is 30.4 Å². The second-order valence-corrected chi connectivity index (χ2v) is 3.03. The molecule has 12 heavy (non-hydrogen) atoms. The smallest absolute Gasteiger partial charge is 0.0823 e. The van der Waals surface area contributed by atoms with Crippen molar-refractivity contribution in [2.45, 2.75) is 18.4 Å². The highest BCUT2D eigenvalue weighted by Gasteiger charge is 2.41. The first-order valence-corrected chi connectivity index (χ1v) is 3.50. The third-order valence-corrected chi connectivity index (χ3v) is 2.01. The van der Waals surface area contributed by atoms with Gasteiger partial charge in [-0.1, -0.05) is 0 Å². The molecule has 1 aliphatic carbocycles. The third-order valence-electron chi connectivity index (χ3n) is 2.01. The molecular formula is C7H13Cl2N3. The maximum absolute atomic E-state index is 5.91. The van der Waals surface area contributed by atoms with Crippen LogP contribution in [-0.4, -0.2) is 9.78 Å². The van der Waals surface area contributed by atoms with Crippen LogP contribution in [0.3, 0.4) is 0 Å². The monoisotopic (exact) mass is 209 g/mol. The lowest BCUT2D eigenvalue weighted by molar-refractivity contribution is 0.659. The van der Waals surface area contributed by atoms with E-state index < -0.39 is 0 Å². The number of aryl methyl sites for hydroxylation is 1. The van der Waals surface area contributed by atoms with Crippen LogP contribution < -0.4 is 5.73 Å². The van der Waals surface area contributed by atoms with Gasteiger partial charge in [-0.25, -0.2) is 0 Å². The molecule has 0 aromatic carbocycles. The summed E-state index contributed by atoms with van der Waals surface area (Å²) in [5.41, 5.74) is 6.87. The SMILES string of the molecule is Cl.Cl.Cn1ccc(C2(N)CC2)n1. The predicted molar refractivity (Wildman–Crippen MR) is 52.8 cm³/mol. The molecule has 1 heterocycles. The van der Waals surface area contributed by atoms with Crippen molar-refractivity contribution in [2.75, 3.05) is 0 Å². The number of aromatic nitrogens is 2. The number of rotatable bonds is 1. The second-order valence-electron chi connectivity index (χ2n) is 3.03. The van der Waals surface area contributed by atoms with E-state index in [9.17, 15) is 0 Å². The van der Waals surface area contributed by atoms with Crippen LogP contribution in [0.1, 0.15) is 18.5 Å². The van der Waals surface area contributed by atoms with Crippen LogP contribution in [-0.2, 0) is 12.6 Å². The van der Waals surface area contributed by atoms with E-state index in [1.807, 2.05) is 19.3 Å². The molecule has 2 rings (SSSR count). The van der Waals surface area contributed by atoms with Gasteiger partial charge in [0.2, 0.25) is 0 Å². The molecule has 1 aromatic heterocycles. The first kappa shape index (κ1) is 11.8. The van der Waals surface area contributed by atoms with E-state index in [1.54, 1.807) is 4.68 Å². The number of hydrogen-bond donors (Lipinski definition) is 1. The van der Waals surface area contributed by atoms with Crippen LogP contribution in [0.4, 0.5) is 0 Å². The van der Waals surface area contributed by atoms with Gasteiger partial charge in [-0.2, -0.15) is 5.10 Å². The molecule has 0 saturated heterocycles. The standard InChI is InChI=1S/C7H11N3.2ClH/c1-10-5-2-6(9-10)7(8)3-4-7;;/h2,5H,3-4,8H2,1H3;2*1H. The van der Waals surface area contributed by atoms with E-state index in [4.69, 9.17) is 5.73 Å². The molecule has 1 fully saturated rings. The van der Waals surface area contributed by atoms with Gasteiger partial charge >= 0.3 is 0 Å². The van der Waals surface area contributed by atoms with Gasteiger partial charge in [0.05, 0.1) is 11.2 Å². The molecule has 0 radical (unpaired) electrons. The molecule has 70 valence electrons. The van der Waals surface area contributed by atoms with E-state index >= 15 is 0 Å². The zero-order valence-corrected chi connectivity index (χ0v) is 8.49. The Balaban J connectivity index is 0.000000605. The Kier molecular flexibility index (Phi) is 3.57. The van der Waals surface area contributed by atoms with Crippen molar-refractivity contribution in [3.8, 4) is 0 Å². The topological polar surface area (TPSA) is 43.8 Å². The van der Waals surface area contributed by atoms with Gasteiger partial charge in [0.15, 0.2) is 0 Å². The fraction of sp³-hybridized carbons (Fsp3) is 0.571. The molecule has 2 N–H and O–H groups in total. The van der Waals surface area contributed by atoms with Crippen molar-refractivity contribution < 1.29 is 0 Å². The van der Waals surface area contributed by atoms with Crippen LogP contribution in [0, 0.1) is 0 Å². The minimum atomic E-state index is -0.0682. The van der Waals surface area contributed by atoms with Gasteiger partial charge in [-0.3, -0.25) is 4.68 Å². The lowest BCUT2D eigenvalue weighted by Gasteiger charge is -2.01. The summed E-state index contributed by atoms with van der Waals surface area (Å²) in [5, 5.41) is 4.24. The molecule has 3 nitrogen and oxygen atoms in total. The maximum Gasteiger partial charge on any atom is 0.0823 e. The molecular weight excluding hydrogens is 197 g/mol. The quantitative estimate of drug-likeness (QED) is 0.757. The molecule has 0 atom stereocenters. The van der Waals surface area contributed by atoms with Crippen molar-refractivity contribution in [1.29, 1.82) is 0 Å². The first-order chi connectivity index (χ1) is 4.71. The van der Waals surface area contributed by atoms with Crippen LogP contribution in [0.25, 0.3) is 0 Å². The lowest BCUT2D eigenvalue weighted by Crippen LogP contribution is -2.19. The molecule has 1 aromatic rings.